The lowest BCUT2D eigenvalue weighted by Gasteiger charge is -2.17. The van der Waals surface area contributed by atoms with Gasteiger partial charge in [0.25, 0.3) is 0 Å². The summed E-state index contributed by atoms with van der Waals surface area (Å²) < 4.78 is 21.5. The van der Waals surface area contributed by atoms with Gasteiger partial charge in [0.1, 0.15) is 0 Å². The van der Waals surface area contributed by atoms with Crippen LogP contribution >= 0.6 is 7.75 Å². The van der Waals surface area contributed by atoms with E-state index in [-0.39, 0.29) is 19.1 Å². The molecule has 0 fully saturated rings. The van der Waals surface area contributed by atoms with Crippen molar-refractivity contribution in [2.24, 2.45) is 0 Å². The summed E-state index contributed by atoms with van der Waals surface area (Å²) in [6.45, 7) is 5.73. The molecule has 84 valence electrons. The third-order valence-electron chi connectivity index (χ3n) is 1.34. The van der Waals surface area contributed by atoms with Crippen molar-refractivity contribution >= 4 is 13.7 Å². The molecule has 0 aliphatic rings. The third kappa shape index (κ3) is 5.37. The summed E-state index contributed by atoms with van der Waals surface area (Å²) in [6, 6.07) is 0. The number of hydrogen-bond acceptors (Lipinski definition) is 4. The highest BCUT2D eigenvalue weighted by Gasteiger charge is 2.25. The maximum atomic E-state index is 11.7. The molecule has 5 nitrogen and oxygen atoms in total. The molecule has 0 rings (SSSR count). The quantitative estimate of drug-likeness (QED) is 0.671. The number of carbonyl (C=O) groups excluding carboxylic acids is 1. The van der Waals surface area contributed by atoms with E-state index in [0.717, 1.165) is 0 Å². The minimum Gasteiger partial charge on any atom is -0.293 e. The molecule has 0 saturated heterocycles. The number of hydrogen-bond donors (Lipinski definition) is 1. The Balaban J connectivity index is 4.21. The van der Waals surface area contributed by atoms with Crippen LogP contribution in [0.1, 0.15) is 33.6 Å². The molecule has 14 heavy (non-hydrogen) atoms. The number of nitrogens with one attached hydrogen (secondary N) is 1. The lowest BCUT2D eigenvalue weighted by molar-refractivity contribution is -0.119. The first-order valence-corrected chi connectivity index (χ1v) is 6.32. The van der Waals surface area contributed by atoms with E-state index in [1.165, 1.54) is 0 Å². The Kier molecular flexibility index (Phi) is 6.79. The van der Waals surface area contributed by atoms with E-state index < -0.39 is 7.75 Å². The predicted molar refractivity (Wildman–Crippen MR) is 53.9 cm³/mol. The van der Waals surface area contributed by atoms with Crippen LogP contribution in [0, 0.1) is 0 Å². The fourth-order valence-electron chi connectivity index (χ4n) is 0.877. The second kappa shape index (κ2) is 6.98. The van der Waals surface area contributed by atoms with Gasteiger partial charge >= 0.3 is 7.75 Å². The highest BCUT2D eigenvalue weighted by atomic mass is 31.2. The van der Waals surface area contributed by atoms with Gasteiger partial charge in [0.05, 0.1) is 13.2 Å². The first kappa shape index (κ1) is 13.6. The largest absolute Gasteiger partial charge is 0.434 e. The Morgan fingerprint density at radius 1 is 1.21 bits per heavy atom. The minimum atomic E-state index is -3.40. The van der Waals surface area contributed by atoms with Crippen LogP contribution in [0.15, 0.2) is 0 Å². The Labute approximate surface area is 84.8 Å². The Morgan fingerprint density at radius 3 is 2.07 bits per heavy atom. The Bertz CT molecular complexity index is 209. The molecule has 0 aromatic heterocycles. The molecule has 0 radical (unpaired) electrons. The summed E-state index contributed by atoms with van der Waals surface area (Å²) >= 11 is 0. The van der Waals surface area contributed by atoms with Crippen molar-refractivity contribution < 1.29 is 18.4 Å². The van der Waals surface area contributed by atoms with E-state index in [2.05, 4.69) is 5.09 Å². The van der Waals surface area contributed by atoms with Crippen LogP contribution in [0.4, 0.5) is 0 Å². The molecule has 0 heterocycles. The number of amides is 1. The molecule has 0 aliphatic heterocycles. The molecule has 0 spiro atoms. The topological polar surface area (TPSA) is 64.6 Å². The molecule has 0 aliphatic carbocycles. The van der Waals surface area contributed by atoms with Gasteiger partial charge in [0.15, 0.2) is 0 Å². The summed E-state index contributed by atoms with van der Waals surface area (Å²) in [6.07, 6.45) is 1.02. The molecule has 0 aromatic rings. The molecule has 0 aromatic carbocycles. The van der Waals surface area contributed by atoms with Crippen molar-refractivity contribution in [1.82, 2.24) is 5.09 Å². The van der Waals surface area contributed by atoms with Gasteiger partial charge in [-0.05, 0) is 20.3 Å². The van der Waals surface area contributed by atoms with E-state index in [0.29, 0.717) is 12.8 Å². The van der Waals surface area contributed by atoms with Crippen LogP contribution in [0.2, 0.25) is 0 Å². The summed E-state index contributed by atoms with van der Waals surface area (Å²) in [5, 5.41) is 2.27. The van der Waals surface area contributed by atoms with E-state index in [1.54, 1.807) is 13.8 Å². The van der Waals surface area contributed by atoms with E-state index in [4.69, 9.17) is 9.05 Å². The third-order valence-corrected chi connectivity index (χ3v) is 3.06. The van der Waals surface area contributed by atoms with Crippen LogP contribution in [-0.4, -0.2) is 19.1 Å². The zero-order chi connectivity index (χ0) is 11.0. The molecule has 0 saturated carbocycles. The maximum Gasteiger partial charge on any atom is 0.434 e. The molecule has 0 bridgehead atoms. The van der Waals surface area contributed by atoms with E-state index >= 15 is 0 Å². The summed E-state index contributed by atoms with van der Waals surface area (Å²) in [5.74, 6) is -0.308. The first-order chi connectivity index (χ1) is 6.58. The molecular formula is C8H18NO4P. The van der Waals surface area contributed by atoms with Crippen molar-refractivity contribution in [3.63, 3.8) is 0 Å². The van der Waals surface area contributed by atoms with E-state index in [9.17, 15) is 9.36 Å². The zero-order valence-electron chi connectivity index (χ0n) is 8.91. The zero-order valence-corrected chi connectivity index (χ0v) is 9.80. The van der Waals surface area contributed by atoms with Gasteiger partial charge in [-0.1, -0.05) is 6.92 Å². The van der Waals surface area contributed by atoms with Gasteiger partial charge in [0, 0.05) is 6.42 Å². The van der Waals surface area contributed by atoms with Crippen LogP contribution in [0.3, 0.4) is 0 Å². The highest BCUT2D eigenvalue weighted by molar-refractivity contribution is 7.52. The van der Waals surface area contributed by atoms with Gasteiger partial charge in [0.2, 0.25) is 5.91 Å². The van der Waals surface area contributed by atoms with Gasteiger partial charge in [-0.25, -0.2) is 4.57 Å². The average molecular weight is 223 g/mol. The van der Waals surface area contributed by atoms with Crippen LogP contribution in [-0.2, 0) is 18.4 Å². The molecule has 6 heteroatoms. The fourth-order valence-corrected chi connectivity index (χ4v) is 2.18. The molecule has 0 atom stereocenters. The van der Waals surface area contributed by atoms with Crippen molar-refractivity contribution in [3.05, 3.63) is 0 Å². The van der Waals surface area contributed by atoms with Crippen LogP contribution in [0.5, 0.6) is 0 Å². The molecule has 1 N–H and O–H groups in total. The van der Waals surface area contributed by atoms with Gasteiger partial charge in [-0.15, -0.1) is 0 Å². The summed E-state index contributed by atoms with van der Waals surface area (Å²) in [5.41, 5.74) is 0. The van der Waals surface area contributed by atoms with Crippen LogP contribution in [0.25, 0.3) is 0 Å². The highest BCUT2D eigenvalue weighted by Crippen LogP contribution is 2.43. The minimum absolute atomic E-state index is 0.240. The first-order valence-electron chi connectivity index (χ1n) is 4.78. The second-order valence-electron chi connectivity index (χ2n) is 2.62. The fraction of sp³-hybridized carbons (Fsp3) is 0.875. The monoisotopic (exact) mass is 223 g/mol. The number of carbonyl (C=O) groups is 1. The SMILES string of the molecule is CCCC(=O)NP(=O)(OCC)OCC. The van der Waals surface area contributed by atoms with Crippen molar-refractivity contribution in [1.29, 1.82) is 0 Å². The van der Waals surface area contributed by atoms with Crippen molar-refractivity contribution in [2.45, 2.75) is 33.6 Å². The molecule has 0 unspecified atom stereocenters. The summed E-state index contributed by atoms with van der Waals surface area (Å²) in [4.78, 5) is 11.2. The lowest BCUT2D eigenvalue weighted by Crippen LogP contribution is -2.22. The number of rotatable bonds is 7. The predicted octanol–water partition coefficient (Wildman–Crippen LogP) is 2.08. The average Bonchev–Trinajstić information content (AvgIpc) is 2.04. The Hall–Kier alpha value is -0.380. The standard InChI is InChI=1S/C8H18NO4P/c1-4-7-8(10)9-14(11,12-5-2)13-6-3/h4-7H2,1-3H3,(H,9,10,11). The molecular weight excluding hydrogens is 205 g/mol. The Morgan fingerprint density at radius 2 is 1.71 bits per heavy atom. The van der Waals surface area contributed by atoms with Crippen molar-refractivity contribution in [3.8, 4) is 0 Å². The summed E-state index contributed by atoms with van der Waals surface area (Å²) in [7, 11) is -3.40. The second-order valence-corrected chi connectivity index (χ2v) is 4.35. The normalized spacial score (nSPS) is 11.4. The van der Waals surface area contributed by atoms with Crippen LogP contribution < -0.4 is 5.09 Å². The van der Waals surface area contributed by atoms with Gasteiger partial charge < -0.3 is 0 Å². The van der Waals surface area contributed by atoms with Gasteiger partial charge in [-0.3, -0.25) is 18.9 Å². The lowest BCUT2D eigenvalue weighted by atomic mass is 10.3. The maximum absolute atomic E-state index is 11.7. The smallest absolute Gasteiger partial charge is 0.293 e. The van der Waals surface area contributed by atoms with E-state index in [1.807, 2.05) is 6.92 Å². The van der Waals surface area contributed by atoms with Crippen molar-refractivity contribution in [2.75, 3.05) is 13.2 Å². The van der Waals surface area contributed by atoms with Gasteiger partial charge in [-0.2, -0.15) is 0 Å². The molecule has 1 amide bonds.